The van der Waals surface area contributed by atoms with Gasteiger partial charge in [-0.15, -0.1) is 37.2 Å². The van der Waals surface area contributed by atoms with Gasteiger partial charge in [0.05, 0.1) is 11.7 Å². The molecule has 2 rings (SSSR count). The van der Waals surface area contributed by atoms with Crippen LogP contribution < -0.4 is 5.73 Å². The summed E-state index contributed by atoms with van der Waals surface area (Å²) in [6, 6.07) is 5.62. The van der Waals surface area contributed by atoms with Crippen LogP contribution in [-0.2, 0) is 11.3 Å². The Morgan fingerprint density at radius 3 is 2.46 bits per heavy atom. The second-order valence-corrected chi connectivity index (χ2v) is 6.30. The molecule has 0 spiro atoms. The lowest BCUT2D eigenvalue weighted by Crippen LogP contribution is -2.53. The maximum Gasteiger partial charge on any atom is 0.239 e. The van der Waals surface area contributed by atoms with Gasteiger partial charge in [-0.2, -0.15) is 11.8 Å². The number of piperazine rings is 1. The van der Waals surface area contributed by atoms with Crippen molar-refractivity contribution >= 4 is 54.9 Å². The molecule has 24 heavy (non-hydrogen) atoms. The summed E-state index contributed by atoms with van der Waals surface area (Å²) in [7, 11) is 0. The van der Waals surface area contributed by atoms with Crippen molar-refractivity contribution in [2.24, 2.45) is 5.73 Å². The highest BCUT2D eigenvalue weighted by Gasteiger charge is 2.24. The molecule has 0 saturated carbocycles. The third-order valence-corrected chi connectivity index (χ3v) is 4.39. The Labute approximate surface area is 167 Å². The van der Waals surface area contributed by atoms with E-state index in [2.05, 4.69) is 9.88 Å². The zero-order chi connectivity index (χ0) is 15.1. The minimum atomic E-state index is -0.347. The number of carbonyl (C=O) groups excluding carboxylic acids is 1. The summed E-state index contributed by atoms with van der Waals surface area (Å²) in [4.78, 5) is 20.8. The summed E-state index contributed by atoms with van der Waals surface area (Å²) in [5, 5.41) is 0. The summed E-state index contributed by atoms with van der Waals surface area (Å²) in [6.45, 7) is 4.15. The zero-order valence-corrected chi connectivity index (χ0v) is 17.1. The monoisotopic (exact) mass is 416 g/mol. The van der Waals surface area contributed by atoms with Gasteiger partial charge in [-0.05, 0) is 30.6 Å². The normalized spacial score (nSPS) is 15.5. The molecule has 140 valence electrons. The highest BCUT2D eigenvalue weighted by atomic mass is 35.5. The summed E-state index contributed by atoms with van der Waals surface area (Å²) >= 11 is 1.73. The Morgan fingerprint density at radius 2 is 1.92 bits per heavy atom. The first kappa shape index (κ1) is 26.0. The van der Waals surface area contributed by atoms with E-state index in [1.807, 2.05) is 35.6 Å². The van der Waals surface area contributed by atoms with E-state index in [0.29, 0.717) is 0 Å². The van der Waals surface area contributed by atoms with Crippen LogP contribution in [0.5, 0.6) is 0 Å². The van der Waals surface area contributed by atoms with Crippen LogP contribution in [0.2, 0.25) is 0 Å². The minimum absolute atomic E-state index is 0. The number of hydrogen-bond donors (Lipinski definition) is 1. The van der Waals surface area contributed by atoms with E-state index in [9.17, 15) is 4.79 Å². The third kappa shape index (κ3) is 8.23. The Kier molecular flexibility index (Phi) is 15.1. The van der Waals surface area contributed by atoms with Gasteiger partial charge in [0.15, 0.2) is 0 Å². The van der Waals surface area contributed by atoms with Crippen molar-refractivity contribution in [3.8, 4) is 0 Å². The summed E-state index contributed by atoms with van der Waals surface area (Å²) in [5.41, 5.74) is 7.04. The summed E-state index contributed by atoms with van der Waals surface area (Å²) in [5.74, 6) is 1.04. The number of pyridine rings is 1. The van der Waals surface area contributed by atoms with Crippen molar-refractivity contribution < 1.29 is 4.79 Å². The van der Waals surface area contributed by atoms with Gasteiger partial charge >= 0.3 is 0 Å². The number of amides is 1. The van der Waals surface area contributed by atoms with E-state index in [4.69, 9.17) is 5.73 Å². The first-order valence-electron chi connectivity index (χ1n) is 7.36. The number of rotatable bonds is 6. The van der Waals surface area contributed by atoms with E-state index in [1.54, 1.807) is 11.8 Å². The number of nitrogens with two attached hydrogens (primary N) is 1. The quantitative estimate of drug-likeness (QED) is 0.767. The first-order chi connectivity index (χ1) is 10.2. The molecule has 0 aliphatic carbocycles. The fourth-order valence-corrected chi connectivity index (χ4v) is 2.94. The Morgan fingerprint density at radius 1 is 1.25 bits per heavy atom. The van der Waals surface area contributed by atoms with Crippen LogP contribution in [0.25, 0.3) is 0 Å². The van der Waals surface area contributed by atoms with Crippen LogP contribution >= 0.6 is 49.0 Å². The van der Waals surface area contributed by atoms with Crippen LogP contribution in [0.15, 0.2) is 24.4 Å². The number of halogens is 3. The summed E-state index contributed by atoms with van der Waals surface area (Å²) in [6.07, 6.45) is 4.61. The molecule has 2 heterocycles. The Hall–Kier alpha value is -0.240. The van der Waals surface area contributed by atoms with Crippen LogP contribution in [0.1, 0.15) is 12.1 Å². The van der Waals surface area contributed by atoms with Crippen LogP contribution in [-0.4, -0.2) is 64.9 Å². The number of hydrogen-bond acceptors (Lipinski definition) is 5. The molecule has 0 radical (unpaired) electrons. The third-order valence-electron chi connectivity index (χ3n) is 3.75. The maximum atomic E-state index is 12.2. The molecule has 2 N–H and O–H groups in total. The molecule has 1 aromatic rings. The molecule has 1 aliphatic heterocycles. The average Bonchev–Trinajstić information content (AvgIpc) is 2.53. The molecule has 1 unspecified atom stereocenters. The lowest BCUT2D eigenvalue weighted by Gasteiger charge is -2.35. The van der Waals surface area contributed by atoms with E-state index in [-0.39, 0.29) is 49.2 Å². The van der Waals surface area contributed by atoms with Crippen molar-refractivity contribution in [2.75, 3.05) is 38.2 Å². The molecule has 1 fully saturated rings. The maximum absolute atomic E-state index is 12.2. The van der Waals surface area contributed by atoms with Crippen molar-refractivity contribution in [1.29, 1.82) is 0 Å². The average molecular weight is 418 g/mol. The molecule has 1 aromatic heterocycles. The van der Waals surface area contributed by atoms with Gasteiger partial charge in [-0.1, -0.05) is 6.07 Å². The fourth-order valence-electron chi connectivity index (χ4n) is 2.45. The molecule has 0 aromatic carbocycles. The Balaban J connectivity index is 0. The van der Waals surface area contributed by atoms with E-state index >= 15 is 0 Å². The molecular weight excluding hydrogens is 391 g/mol. The highest BCUT2D eigenvalue weighted by molar-refractivity contribution is 7.98. The standard InChI is InChI=1S/C15H24N4OS.3ClH/c1-21-11-5-14(16)15(20)19-9-7-18(8-10-19)12-13-4-2-3-6-17-13;;;/h2-4,6,14H,5,7-12,16H2,1H3;3*1H. The fraction of sp³-hybridized carbons (Fsp3) is 0.600. The predicted molar refractivity (Wildman–Crippen MR) is 109 cm³/mol. The van der Waals surface area contributed by atoms with E-state index < -0.39 is 0 Å². The van der Waals surface area contributed by atoms with Crippen molar-refractivity contribution in [2.45, 2.75) is 19.0 Å². The van der Waals surface area contributed by atoms with Gasteiger partial charge in [0.1, 0.15) is 0 Å². The van der Waals surface area contributed by atoms with E-state index in [0.717, 1.165) is 50.6 Å². The number of nitrogens with zero attached hydrogens (tertiary/aromatic N) is 3. The molecule has 1 saturated heterocycles. The zero-order valence-electron chi connectivity index (χ0n) is 13.8. The molecule has 1 amide bonds. The van der Waals surface area contributed by atoms with Crippen LogP contribution in [0.3, 0.4) is 0 Å². The van der Waals surface area contributed by atoms with Gasteiger partial charge in [0.25, 0.3) is 0 Å². The van der Waals surface area contributed by atoms with Crippen LogP contribution in [0, 0.1) is 0 Å². The molecule has 5 nitrogen and oxygen atoms in total. The largest absolute Gasteiger partial charge is 0.339 e. The smallest absolute Gasteiger partial charge is 0.239 e. The lowest BCUT2D eigenvalue weighted by molar-refractivity contribution is -0.134. The first-order valence-corrected chi connectivity index (χ1v) is 8.75. The van der Waals surface area contributed by atoms with Gasteiger partial charge in [-0.25, -0.2) is 0 Å². The van der Waals surface area contributed by atoms with Gasteiger partial charge in [0, 0.05) is 38.9 Å². The molecular formula is C15H27Cl3N4OS. The molecule has 1 aliphatic rings. The van der Waals surface area contributed by atoms with Crippen molar-refractivity contribution in [3.63, 3.8) is 0 Å². The SMILES string of the molecule is CSCCC(N)C(=O)N1CCN(Cc2ccccn2)CC1.Cl.Cl.Cl. The lowest BCUT2D eigenvalue weighted by atomic mass is 10.2. The van der Waals surface area contributed by atoms with Crippen molar-refractivity contribution in [1.82, 2.24) is 14.8 Å². The molecule has 9 heteroatoms. The molecule has 1 atom stereocenters. The van der Waals surface area contributed by atoms with Crippen molar-refractivity contribution in [3.05, 3.63) is 30.1 Å². The second kappa shape index (κ2) is 14.0. The van der Waals surface area contributed by atoms with Crippen LogP contribution in [0.4, 0.5) is 0 Å². The van der Waals surface area contributed by atoms with Gasteiger partial charge < -0.3 is 10.6 Å². The van der Waals surface area contributed by atoms with E-state index in [1.165, 1.54) is 0 Å². The molecule has 0 bridgehead atoms. The second-order valence-electron chi connectivity index (χ2n) is 5.31. The number of aromatic nitrogens is 1. The van der Waals surface area contributed by atoms with Gasteiger partial charge in [0.2, 0.25) is 5.91 Å². The topological polar surface area (TPSA) is 62.5 Å². The van der Waals surface area contributed by atoms with Gasteiger partial charge in [-0.3, -0.25) is 14.7 Å². The Bertz CT molecular complexity index is 448. The number of thioether (sulfide) groups is 1. The predicted octanol–water partition coefficient (Wildman–Crippen LogP) is 2.07. The highest BCUT2D eigenvalue weighted by Crippen LogP contribution is 2.09. The number of carbonyl (C=O) groups is 1. The minimum Gasteiger partial charge on any atom is -0.339 e. The summed E-state index contributed by atoms with van der Waals surface area (Å²) < 4.78 is 0.